The molecule has 0 aliphatic rings. The van der Waals surface area contributed by atoms with E-state index in [0.29, 0.717) is 5.02 Å². The van der Waals surface area contributed by atoms with E-state index >= 15 is 0 Å². The molecule has 3 nitrogen and oxygen atoms in total. The van der Waals surface area contributed by atoms with Crippen molar-refractivity contribution in [3.05, 3.63) is 71.4 Å². The maximum atomic E-state index is 11.2. The molecule has 5 heteroatoms. The number of nitrogens with one attached hydrogen (secondary N) is 1. The number of aromatic carboxylic acids is 1. The average molecular weight is 354 g/mol. The Labute approximate surface area is 147 Å². The van der Waals surface area contributed by atoms with Crippen molar-refractivity contribution >= 4 is 51.0 Å². The molecule has 118 valence electrons. The molecule has 0 atom stereocenters. The number of carbonyl (C=O) groups is 1. The summed E-state index contributed by atoms with van der Waals surface area (Å²) in [6.07, 6.45) is 0. The summed E-state index contributed by atoms with van der Waals surface area (Å²) in [5.74, 6) is -0.982. The third kappa shape index (κ3) is 2.75. The van der Waals surface area contributed by atoms with E-state index in [4.69, 9.17) is 11.6 Å². The predicted molar refractivity (Wildman–Crippen MR) is 98.3 cm³/mol. The van der Waals surface area contributed by atoms with E-state index in [0.717, 1.165) is 20.7 Å². The Bertz CT molecular complexity index is 1090. The van der Waals surface area contributed by atoms with Crippen molar-refractivity contribution in [3.63, 3.8) is 0 Å². The molecule has 1 heterocycles. The van der Waals surface area contributed by atoms with Gasteiger partial charge in [-0.1, -0.05) is 53.7 Å². The smallest absolute Gasteiger partial charge is 0.352 e. The second-order valence-electron chi connectivity index (χ2n) is 5.46. The van der Waals surface area contributed by atoms with Gasteiger partial charge in [-0.15, -0.1) is 0 Å². The number of aromatic nitrogens is 1. The minimum absolute atomic E-state index is 0.160. The van der Waals surface area contributed by atoms with Crippen molar-refractivity contribution in [2.75, 3.05) is 0 Å². The topological polar surface area (TPSA) is 53.1 Å². The largest absolute Gasteiger partial charge is 0.477 e. The van der Waals surface area contributed by atoms with Crippen LogP contribution in [0.1, 0.15) is 10.5 Å². The zero-order chi connectivity index (χ0) is 16.7. The van der Waals surface area contributed by atoms with Crippen LogP contribution >= 0.6 is 23.4 Å². The fourth-order valence-corrected chi connectivity index (χ4v) is 4.05. The van der Waals surface area contributed by atoms with Gasteiger partial charge in [0.25, 0.3) is 0 Å². The van der Waals surface area contributed by atoms with Gasteiger partial charge in [-0.05, 0) is 41.1 Å². The molecule has 0 amide bonds. The number of hydrogen-bond donors (Lipinski definition) is 2. The Morgan fingerprint density at radius 1 is 1.00 bits per heavy atom. The molecule has 0 unspecified atom stereocenters. The van der Waals surface area contributed by atoms with Crippen LogP contribution in [0.5, 0.6) is 0 Å². The molecule has 24 heavy (non-hydrogen) atoms. The van der Waals surface area contributed by atoms with Crippen LogP contribution in [0, 0.1) is 0 Å². The monoisotopic (exact) mass is 353 g/mol. The van der Waals surface area contributed by atoms with Crippen molar-refractivity contribution in [1.82, 2.24) is 4.98 Å². The van der Waals surface area contributed by atoms with E-state index in [1.54, 1.807) is 23.9 Å². The first-order valence-corrected chi connectivity index (χ1v) is 8.52. The van der Waals surface area contributed by atoms with Gasteiger partial charge in [0.1, 0.15) is 5.69 Å². The molecule has 0 saturated heterocycles. The molecule has 0 bridgehead atoms. The molecule has 0 aliphatic carbocycles. The molecular weight excluding hydrogens is 342 g/mol. The first kappa shape index (κ1) is 15.1. The first-order valence-electron chi connectivity index (χ1n) is 7.32. The van der Waals surface area contributed by atoms with Gasteiger partial charge in [-0.25, -0.2) is 4.79 Å². The highest BCUT2D eigenvalue weighted by Gasteiger charge is 2.12. The van der Waals surface area contributed by atoms with E-state index in [2.05, 4.69) is 35.3 Å². The number of hydrogen-bond acceptors (Lipinski definition) is 2. The van der Waals surface area contributed by atoms with Gasteiger partial charge in [-0.2, -0.15) is 0 Å². The molecule has 2 N–H and O–H groups in total. The van der Waals surface area contributed by atoms with Crippen molar-refractivity contribution in [3.8, 4) is 0 Å². The molecule has 4 aromatic rings. The Morgan fingerprint density at radius 2 is 1.79 bits per heavy atom. The van der Waals surface area contributed by atoms with Crippen LogP contribution < -0.4 is 0 Å². The standard InChI is InChI=1S/C19H12ClNO2S/c20-13-8-16-15(10-17(21-16)19(22)23)18(9-13)24-14-6-5-11-3-1-2-4-12(11)7-14/h1-10,21H,(H,22,23). The maximum absolute atomic E-state index is 11.2. The number of benzene rings is 3. The summed E-state index contributed by atoms with van der Waals surface area (Å²) >= 11 is 7.77. The Balaban J connectivity index is 1.81. The Morgan fingerprint density at radius 3 is 2.58 bits per heavy atom. The third-order valence-corrected chi connectivity index (χ3v) is 5.11. The summed E-state index contributed by atoms with van der Waals surface area (Å²) in [5, 5.41) is 13.0. The number of rotatable bonds is 3. The summed E-state index contributed by atoms with van der Waals surface area (Å²) in [5.41, 5.74) is 0.885. The summed E-state index contributed by atoms with van der Waals surface area (Å²) in [4.78, 5) is 16.1. The highest BCUT2D eigenvalue weighted by molar-refractivity contribution is 7.99. The molecule has 3 aromatic carbocycles. The van der Waals surface area contributed by atoms with Crippen molar-refractivity contribution in [2.45, 2.75) is 9.79 Å². The summed E-state index contributed by atoms with van der Waals surface area (Å²) in [6, 6.07) is 19.7. The van der Waals surface area contributed by atoms with Crippen LogP contribution in [-0.4, -0.2) is 16.1 Å². The summed E-state index contributed by atoms with van der Waals surface area (Å²) in [7, 11) is 0. The lowest BCUT2D eigenvalue weighted by atomic mass is 10.1. The average Bonchev–Trinajstić information content (AvgIpc) is 2.99. The third-order valence-electron chi connectivity index (χ3n) is 3.84. The zero-order valence-corrected chi connectivity index (χ0v) is 14.0. The minimum Gasteiger partial charge on any atom is -0.477 e. The number of fused-ring (bicyclic) bond motifs is 2. The minimum atomic E-state index is -0.982. The second kappa shape index (κ2) is 5.89. The van der Waals surface area contributed by atoms with Crippen LogP contribution in [0.3, 0.4) is 0 Å². The number of halogens is 1. The molecule has 0 radical (unpaired) electrons. The quantitative estimate of drug-likeness (QED) is 0.487. The van der Waals surface area contributed by atoms with Gasteiger partial charge in [0.05, 0.1) is 0 Å². The zero-order valence-electron chi connectivity index (χ0n) is 12.4. The molecule has 4 rings (SSSR count). The summed E-state index contributed by atoms with van der Waals surface area (Å²) < 4.78 is 0. The number of carboxylic acids is 1. The highest BCUT2D eigenvalue weighted by atomic mass is 35.5. The predicted octanol–water partition coefficient (Wildman–Crippen LogP) is 5.82. The number of H-pyrrole nitrogens is 1. The fourth-order valence-electron chi connectivity index (χ4n) is 2.73. The van der Waals surface area contributed by atoms with Crippen LogP contribution in [0.25, 0.3) is 21.7 Å². The SMILES string of the molecule is O=C(O)c1cc2c(Sc3ccc4ccccc4c3)cc(Cl)cc2[nH]1. The van der Waals surface area contributed by atoms with E-state index < -0.39 is 5.97 Å². The normalized spacial score (nSPS) is 11.2. The van der Waals surface area contributed by atoms with Gasteiger partial charge in [0, 0.05) is 25.7 Å². The lowest BCUT2D eigenvalue weighted by Gasteiger charge is -2.06. The van der Waals surface area contributed by atoms with E-state index in [9.17, 15) is 9.90 Å². The second-order valence-corrected chi connectivity index (χ2v) is 7.02. The highest BCUT2D eigenvalue weighted by Crippen LogP contribution is 2.37. The number of aromatic amines is 1. The van der Waals surface area contributed by atoms with Crippen molar-refractivity contribution < 1.29 is 9.90 Å². The maximum Gasteiger partial charge on any atom is 0.352 e. The van der Waals surface area contributed by atoms with E-state index in [1.165, 1.54) is 10.8 Å². The molecule has 0 saturated carbocycles. The molecular formula is C19H12ClNO2S. The van der Waals surface area contributed by atoms with Crippen molar-refractivity contribution in [1.29, 1.82) is 0 Å². The molecule has 1 aromatic heterocycles. The van der Waals surface area contributed by atoms with E-state index in [-0.39, 0.29) is 5.69 Å². The Hall–Kier alpha value is -2.43. The van der Waals surface area contributed by atoms with Gasteiger partial charge in [0.15, 0.2) is 0 Å². The molecule has 0 fully saturated rings. The van der Waals surface area contributed by atoms with Gasteiger partial charge in [-0.3, -0.25) is 0 Å². The van der Waals surface area contributed by atoms with Gasteiger partial charge >= 0.3 is 5.97 Å². The fraction of sp³-hybridized carbons (Fsp3) is 0. The lowest BCUT2D eigenvalue weighted by Crippen LogP contribution is -1.94. The van der Waals surface area contributed by atoms with Gasteiger partial charge in [0.2, 0.25) is 0 Å². The first-order chi connectivity index (χ1) is 11.6. The van der Waals surface area contributed by atoms with Crippen LogP contribution in [-0.2, 0) is 0 Å². The number of carboxylic acid groups (broad SMARTS) is 1. The summed E-state index contributed by atoms with van der Waals surface area (Å²) in [6.45, 7) is 0. The molecule has 0 spiro atoms. The Kier molecular flexibility index (Phi) is 3.71. The van der Waals surface area contributed by atoms with Crippen LogP contribution in [0.15, 0.2) is 70.5 Å². The van der Waals surface area contributed by atoms with E-state index in [1.807, 2.05) is 18.2 Å². The van der Waals surface area contributed by atoms with Gasteiger partial charge < -0.3 is 10.1 Å². The lowest BCUT2D eigenvalue weighted by molar-refractivity contribution is 0.0691. The van der Waals surface area contributed by atoms with Crippen molar-refractivity contribution in [2.24, 2.45) is 0 Å². The van der Waals surface area contributed by atoms with Crippen LogP contribution in [0.4, 0.5) is 0 Å². The molecule has 0 aliphatic heterocycles. The van der Waals surface area contributed by atoms with Crippen LogP contribution in [0.2, 0.25) is 5.02 Å².